The molecule has 0 aromatic carbocycles. The highest BCUT2D eigenvalue weighted by molar-refractivity contribution is 9.10. The Morgan fingerprint density at radius 1 is 1.30 bits per heavy atom. The average Bonchev–Trinajstić information content (AvgIpc) is 2.76. The van der Waals surface area contributed by atoms with Crippen molar-refractivity contribution in [2.75, 3.05) is 0 Å². The molecule has 2 rings (SSSR count). The van der Waals surface area contributed by atoms with E-state index in [0.29, 0.717) is 12.2 Å². The number of rotatable bonds is 5. The van der Waals surface area contributed by atoms with E-state index in [2.05, 4.69) is 41.8 Å². The molecule has 0 spiro atoms. The second-order valence-corrected chi connectivity index (χ2v) is 6.77. The Balaban J connectivity index is 2.09. The fourth-order valence-electron chi connectivity index (χ4n) is 3.08. The molecular formula is C16H25BrN2O. The smallest absolute Gasteiger partial charge is 0.141 e. The zero-order valence-corrected chi connectivity index (χ0v) is 14.4. The van der Waals surface area contributed by atoms with Crippen LogP contribution in [-0.2, 0) is 24.2 Å². The van der Waals surface area contributed by atoms with Gasteiger partial charge in [0.25, 0.3) is 0 Å². The quantitative estimate of drug-likeness (QED) is 0.806. The van der Waals surface area contributed by atoms with E-state index in [9.17, 15) is 4.79 Å². The summed E-state index contributed by atoms with van der Waals surface area (Å²) in [7, 11) is 0. The third-order valence-corrected chi connectivity index (χ3v) is 5.42. The molecular weight excluding hydrogens is 316 g/mol. The predicted molar refractivity (Wildman–Crippen MR) is 84.8 cm³/mol. The minimum Gasteiger partial charge on any atom is -0.299 e. The highest BCUT2D eigenvalue weighted by atomic mass is 79.9. The fraction of sp³-hybridized carbons (Fsp3) is 0.750. The van der Waals surface area contributed by atoms with Gasteiger partial charge < -0.3 is 0 Å². The van der Waals surface area contributed by atoms with Crippen molar-refractivity contribution in [1.82, 2.24) is 9.78 Å². The number of carbonyl (C=O) groups is 1. The number of hydrogen-bond donors (Lipinski definition) is 0. The van der Waals surface area contributed by atoms with Crippen molar-refractivity contribution in [1.29, 1.82) is 0 Å². The summed E-state index contributed by atoms with van der Waals surface area (Å²) in [5, 5.41) is 4.57. The predicted octanol–water partition coefficient (Wildman–Crippen LogP) is 4.17. The van der Waals surface area contributed by atoms with E-state index in [-0.39, 0.29) is 5.92 Å². The standard InChI is InChI=1S/C16H25BrN2O/c1-4-13-16(17)14(19(5-2)18-13)10-15(20)12-8-6-11(3)7-9-12/h11-12H,4-10H2,1-3H3. The first-order chi connectivity index (χ1) is 9.56. The first kappa shape index (κ1) is 15.7. The molecule has 0 N–H and O–H groups in total. The largest absolute Gasteiger partial charge is 0.299 e. The molecule has 4 heteroatoms. The molecule has 0 saturated heterocycles. The Kier molecular flexibility index (Phi) is 5.42. The molecule has 20 heavy (non-hydrogen) atoms. The first-order valence-electron chi connectivity index (χ1n) is 7.83. The maximum absolute atomic E-state index is 12.5. The van der Waals surface area contributed by atoms with Crippen LogP contribution in [0.3, 0.4) is 0 Å². The van der Waals surface area contributed by atoms with Crippen LogP contribution >= 0.6 is 15.9 Å². The van der Waals surface area contributed by atoms with Gasteiger partial charge in [-0.05, 0) is 48.0 Å². The van der Waals surface area contributed by atoms with Crippen molar-refractivity contribution in [3.05, 3.63) is 15.9 Å². The van der Waals surface area contributed by atoms with Gasteiger partial charge in [-0.3, -0.25) is 9.48 Å². The molecule has 1 heterocycles. The molecule has 0 unspecified atom stereocenters. The second-order valence-electron chi connectivity index (χ2n) is 5.98. The maximum atomic E-state index is 12.5. The zero-order chi connectivity index (χ0) is 14.7. The van der Waals surface area contributed by atoms with Gasteiger partial charge in [-0.2, -0.15) is 5.10 Å². The molecule has 112 valence electrons. The van der Waals surface area contributed by atoms with Crippen molar-refractivity contribution in [2.24, 2.45) is 11.8 Å². The summed E-state index contributed by atoms with van der Waals surface area (Å²) in [4.78, 5) is 12.5. The molecule has 3 nitrogen and oxygen atoms in total. The molecule has 0 aliphatic heterocycles. The monoisotopic (exact) mass is 340 g/mol. The second kappa shape index (κ2) is 6.88. The highest BCUT2D eigenvalue weighted by Gasteiger charge is 2.26. The van der Waals surface area contributed by atoms with Crippen LogP contribution in [0.25, 0.3) is 0 Å². The third kappa shape index (κ3) is 3.33. The van der Waals surface area contributed by atoms with Gasteiger partial charge in [0.15, 0.2) is 0 Å². The van der Waals surface area contributed by atoms with Crippen LogP contribution in [0.15, 0.2) is 4.47 Å². The molecule has 0 radical (unpaired) electrons. The minimum absolute atomic E-state index is 0.267. The maximum Gasteiger partial charge on any atom is 0.141 e. The van der Waals surface area contributed by atoms with Crippen LogP contribution < -0.4 is 0 Å². The van der Waals surface area contributed by atoms with Crippen LogP contribution in [0.4, 0.5) is 0 Å². The van der Waals surface area contributed by atoms with Gasteiger partial charge in [0.1, 0.15) is 5.78 Å². The first-order valence-corrected chi connectivity index (χ1v) is 8.62. The van der Waals surface area contributed by atoms with E-state index in [1.807, 2.05) is 4.68 Å². The summed E-state index contributed by atoms with van der Waals surface area (Å²) >= 11 is 3.63. The summed E-state index contributed by atoms with van der Waals surface area (Å²) in [6.07, 6.45) is 5.96. The van der Waals surface area contributed by atoms with Gasteiger partial charge in [-0.1, -0.05) is 26.7 Å². The van der Waals surface area contributed by atoms with Gasteiger partial charge in [-0.15, -0.1) is 0 Å². The summed E-state index contributed by atoms with van der Waals surface area (Å²) < 4.78 is 3.02. The van der Waals surface area contributed by atoms with Crippen molar-refractivity contribution >= 4 is 21.7 Å². The number of nitrogens with zero attached hydrogens (tertiary/aromatic N) is 2. The molecule has 1 aliphatic carbocycles. The summed E-state index contributed by atoms with van der Waals surface area (Å²) in [5.41, 5.74) is 2.12. The average molecular weight is 341 g/mol. The molecule has 0 amide bonds. The summed E-state index contributed by atoms with van der Waals surface area (Å²) in [5.74, 6) is 1.46. The lowest BCUT2D eigenvalue weighted by molar-refractivity contribution is -0.123. The Morgan fingerprint density at radius 3 is 2.50 bits per heavy atom. The van der Waals surface area contributed by atoms with E-state index in [1.54, 1.807) is 0 Å². The van der Waals surface area contributed by atoms with Crippen LogP contribution in [0, 0.1) is 11.8 Å². The van der Waals surface area contributed by atoms with Crippen LogP contribution in [-0.4, -0.2) is 15.6 Å². The number of halogens is 1. The lowest BCUT2D eigenvalue weighted by Gasteiger charge is -2.25. The molecule has 1 fully saturated rings. The summed E-state index contributed by atoms with van der Waals surface area (Å²) in [6, 6.07) is 0. The van der Waals surface area contributed by atoms with Crippen LogP contribution in [0.2, 0.25) is 0 Å². The van der Waals surface area contributed by atoms with Crippen molar-refractivity contribution in [2.45, 2.75) is 65.8 Å². The van der Waals surface area contributed by atoms with Crippen LogP contribution in [0.1, 0.15) is 57.8 Å². The van der Waals surface area contributed by atoms with Gasteiger partial charge in [0, 0.05) is 18.9 Å². The molecule has 0 bridgehead atoms. The molecule has 1 aromatic rings. The van der Waals surface area contributed by atoms with E-state index in [0.717, 1.165) is 47.6 Å². The lowest BCUT2D eigenvalue weighted by atomic mass is 9.80. The van der Waals surface area contributed by atoms with E-state index < -0.39 is 0 Å². The Labute approximate surface area is 130 Å². The summed E-state index contributed by atoms with van der Waals surface area (Å²) in [6.45, 7) is 7.29. The Hall–Kier alpha value is -0.640. The number of carbonyl (C=O) groups excluding carboxylic acids is 1. The Bertz CT molecular complexity index is 473. The van der Waals surface area contributed by atoms with E-state index >= 15 is 0 Å². The van der Waals surface area contributed by atoms with Crippen molar-refractivity contribution in [3.63, 3.8) is 0 Å². The van der Waals surface area contributed by atoms with Crippen molar-refractivity contribution < 1.29 is 4.79 Å². The third-order valence-electron chi connectivity index (χ3n) is 4.51. The van der Waals surface area contributed by atoms with Gasteiger partial charge in [0.2, 0.25) is 0 Å². The van der Waals surface area contributed by atoms with Gasteiger partial charge in [-0.25, -0.2) is 0 Å². The number of Topliss-reactive ketones (excluding diaryl/α,β-unsaturated/α-hetero) is 1. The molecule has 0 atom stereocenters. The number of ketones is 1. The molecule has 1 aliphatic rings. The molecule has 1 aromatic heterocycles. The highest BCUT2D eigenvalue weighted by Crippen LogP contribution is 2.31. The van der Waals surface area contributed by atoms with E-state index in [4.69, 9.17) is 0 Å². The van der Waals surface area contributed by atoms with E-state index in [1.165, 1.54) is 12.8 Å². The fourth-order valence-corrected chi connectivity index (χ4v) is 3.78. The lowest BCUT2D eigenvalue weighted by Crippen LogP contribution is -2.23. The van der Waals surface area contributed by atoms with Crippen LogP contribution in [0.5, 0.6) is 0 Å². The SMILES string of the molecule is CCc1nn(CC)c(CC(=O)C2CCC(C)CC2)c1Br. The van der Waals surface area contributed by atoms with Crippen molar-refractivity contribution in [3.8, 4) is 0 Å². The Morgan fingerprint density at radius 2 is 1.95 bits per heavy atom. The van der Waals surface area contributed by atoms with Gasteiger partial charge >= 0.3 is 0 Å². The zero-order valence-electron chi connectivity index (χ0n) is 12.8. The number of hydrogen-bond acceptors (Lipinski definition) is 2. The molecule has 1 saturated carbocycles. The minimum atomic E-state index is 0.267. The van der Waals surface area contributed by atoms with Gasteiger partial charge in [0.05, 0.1) is 15.9 Å². The normalized spacial score (nSPS) is 23.0. The number of aryl methyl sites for hydroxylation is 2. The topological polar surface area (TPSA) is 34.9 Å². The number of aromatic nitrogens is 2.